The first-order valence-corrected chi connectivity index (χ1v) is 8.80. The Bertz CT molecular complexity index is 610. The van der Waals surface area contributed by atoms with Crippen molar-refractivity contribution in [2.75, 3.05) is 63.9 Å². The highest BCUT2D eigenvalue weighted by molar-refractivity contribution is 5.93. The molecule has 3 rings (SSSR count). The third kappa shape index (κ3) is 4.19. The van der Waals surface area contributed by atoms with Crippen LogP contribution in [-0.4, -0.2) is 85.7 Å². The number of urea groups is 1. The monoisotopic (exact) mass is 347 g/mol. The molecule has 0 saturated carbocycles. The molecule has 1 aromatic heterocycles. The third-order valence-electron chi connectivity index (χ3n) is 4.52. The van der Waals surface area contributed by atoms with Gasteiger partial charge in [-0.2, -0.15) is 0 Å². The Morgan fingerprint density at radius 2 is 1.80 bits per heavy atom. The topological polar surface area (TPSA) is 78.0 Å². The summed E-state index contributed by atoms with van der Waals surface area (Å²) in [5.74, 6) is -0.0781. The molecule has 1 N–H and O–H groups in total. The maximum Gasteiger partial charge on any atom is 0.317 e. The molecule has 0 spiro atoms. The fraction of sp³-hybridized carbons (Fsp3) is 0.588. The summed E-state index contributed by atoms with van der Waals surface area (Å²) in [6.45, 7) is 7.69. The Balaban J connectivity index is 1.61. The summed E-state index contributed by atoms with van der Waals surface area (Å²) in [5, 5.41) is 2.79. The number of ether oxygens (including phenoxy) is 1. The number of piperazine rings is 1. The van der Waals surface area contributed by atoms with Gasteiger partial charge in [0.15, 0.2) is 0 Å². The van der Waals surface area contributed by atoms with E-state index in [4.69, 9.17) is 4.74 Å². The molecule has 0 bridgehead atoms. The van der Waals surface area contributed by atoms with Gasteiger partial charge in [0.1, 0.15) is 5.69 Å². The number of morpholine rings is 1. The summed E-state index contributed by atoms with van der Waals surface area (Å²) in [6, 6.07) is 3.71. The van der Waals surface area contributed by atoms with Gasteiger partial charge in [-0.15, -0.1) is 0 Å². The number of carbonyl (C=O) groups is 2. The molecule has 8 heteroatoms. The van der Waals surface area contributed by atoms with Crippen molar-refractivity contribution in [2.24, 2.45) is 0 Å². The first-order chi connectivity index (χ1) is 12.2. The van der Waals surface area contributed by atoms with Gasteiger partial charge in [-0.3, -0.25) is 9.78 Å². The maximum atomic E-state index is 12.7. The standard InChI is InChI=1S/C17H25N5O3/c1-2-18-17(24)22-7-5-21(6-8-22)16(23)15-13-14(3-4-19-15)20-9-11-25-12-10-20/h3-4,13H,2,5-12H2,1H3,(H,18,24). The Morgan fingerprint density at radius 3 is 2.48 bits per heavy atom. The van der Waals surface area contributed by atoms with E-state index >= 15 is 0 Å². The second-order valence-electron chi connectivity index (χ2n) is 6.11. The highest BCUT2D eigenvalue weighted by atomic mass is 16.5. The molecule has 2 aliphatic rings. The normalized spacial score (nSPS) is 18.2. The minimum Gasteiger partial charge on any atom is -0.378 e. The first kappa shape index (κ1) is 17.5. The van der Waals surface area contributed by atoms with Crippen molar-refractivity contribution in [3.05, 3.63) is 24.0 Å². The predicted octanol–water partition coefficient (Wildman–Crippen LogP) is 0.406. The lowest BCUT2D eigenvalue weighted by atomic mass is 10.2. The quantitative estimate of drug-likeness (QED) is 0.857. The second-order valence-corrected chi connectivity index (χ2v) is 6.11. The van der Waals surface area contributed by atoms with Crippen LogP contribution in [0.4, 0.5) is 10.5 Å². The number of aromatic nitrogens is 1. The summed E-state index contributed by atoms with van der Waals surface area (Å²) in [6.07, 6.45) is 1.68. The van der Waals surface area contributed by atoms with E-state index in [1.807, 2.05) is 19.1 Å². The molecule has 2 saturated heterocycles. The molecule has 2 fully saturated rings. The SMILES string of the molecule is CCNC(=O)N1CCN(C(=O)c2cc(N3CCOCC3)ccn2)CC1. The molecule has 0 atom stereocenters. The summed E-state index contributed by atoms with van der Waals surface area (Å²) in [5.41, 5.74) is 1.46. The number of hydrogen-bond donors (Lipinski definition) is 1. The zero-order valence-corrected chi connectivity index (χ0v) is 14.6. The number of rotatable bonds is 3. The Kier molecular flexibility index (Phi) is 5.70. The first-order valence-electron chi connectivity index (χ1n) is 8.80. The number of anilines is 1. The van der Waals surface area contributed by atoms with Crippen LogP contribution >= 0.6 is 0 Å². The van der Waals surface area contributed by atoms with E-state index in [0.29, 0.717) is 51.6 Å². The van der Waals surface area contributed by atoms with Gasteiger partial charge in [-0.1, -0.05) is 0 Å². The smallest absolute Gasteiger partial charge is 0.317 e. The molecule has 0 unspecified atom stereocenters. The molecule has 136 valence electrons. The minimum absolute atomic E-state index is 0.0676. The zero-order chi connectivity index (χ0) is 17.6. The van der Waals surface area contributed by atoms with E-state index in [2.05, 4.69) is 15.2 Å². The second kappa shape index (κ2) is 8.15. The van der Waals surface area contributed by atoms with Crippen molar-refractivity contribution in [3.63, 3.8) is 0 Å². The maximum absolute atomic E-state index is 12.7. The van der Waals surface area contributed by atoms with Crippen molar-refractivity contribution < 1.29 is 14.3 Å². The number of carbonyl (C=O) groups excluding carboxylic acids is 2. The molecule has 0 radical (unpaired) electrons. The number of pyridine rings is 1. The lowest BCUT2D eigenvalue weighted by Crippen LogP contribution is -2.53. The van der Waals surface area contributed by atoms with Gasteiger partial charge in [0.05, 0.1) is 13.2 Å². The molecular weight excluding hydrogens is 322 g/mol. The van der Waals surface area contributed by atoms with Crippen LogP contribution in [0.15, 0.2) is 18.3 Å². The highest BCUT2D eigenvalue weighted by Gasteiger charge is 2.25. The molecule has 8 nitrogen and oxygen atoms in total. The summed E-state index contributed by atoms with van der Waals surface area (Å²) in [4.78, 5) is 34.5. The lowest BCUT2D eigenvalue weighted by Gasteiger charge is -2.34. The van der Waals surface area contributed by atoms with E-state index in [0.717, 1.165) is 18.8 Å². The molecule has 0 aliphatic carbocycles. The number of hydrogen-bond acceptors (Lipinski definition) is 5. The van der Waals surface area contributed by atoms with Gasteiger partial charge in [0, 0.05) is 57.7 Å². The van der Waals surface area contributed by atoms with Crippen LogP contribution in [0.1, 0.15) is 17.4 Å². The molecular formula is C17H25N5O3. The van der Waals surface area contributed by atoms with Crippen LogP contribution in [0.25, 0.3) is 0 Å². The van der Waals surface area contributed by atoms with Gasteiger partial charge in [-0.05, 0) is 19.1 Å². The fourth-order valence-corrected chi connectivity index (χ4v) is 3.09. The van der Waals surface area contributed by atoms with Crippen LogP contribution in [0.2, 0.25) is 0 Å². The van der Waals surface area contributed by atoms with Gasteiger partial charge in [0.2, 0.25) is 0 Å². The van der Waals surface area contributed by atoms with Gasteiger partial charge >= 0.3 is 6.03 Å². The van der Waals surface area contributed by atoms with E-state index in [9.17, 15) is 9.59 Å². The highest BCUT2D eigenvalue weighted by Crippen LogP contribution is 2.17. The van der Waals surface area contributed by atoms with E-state index < -0.39 is 0 Å². The van der Waals surface area contributed by atoms with Crippen molar-refractivity contribution >= 4 is 17.6 Å². The van der Waals surface area contributed by atoms with E-state index in [1.165, 1.54) is 0 Å². The molecule has 3 amide bonds. The van der Waals surface area contributed by atoms with Crippen molar-refractivity contribution in [1.82, 2.24) is 20.1 Å². The summed E-state index contributed by atoms with van der Waals surface area (Å²) in [7, 11) is 0. The van der Waals surface area contributed by atoms with E-state index in [1.54, 1.807) is 16.0 Å². The van der Waals surface area contributed by atoms with Gasteiger partial charge < -0.3 is 24.8 Å². The molecule has 3 heterocycles. The minimum atomic E-state index is -0.0781. The zero-order valence-electron chi connectivity index (χ0n) is 14.6. The average Bonchev–Trinajstić information content (AvgIpc) is 2.68. The van der Waals surface area contributed by atoms with Crippen LogP contribution in [0.5, 0.6) is 0 Å². The van der Waals surface area contributed by atoms with Gasteiger partial charge in [0.25, 0.3) is 5.91 Å². The largest absolute Gasteiger partial charge is 0.378 e. The lowest BCUT2D eigenvalue weighted by molar-refractivity contribution is 0.0659. The molecule has 0 aromatic carbocycles. The van der Waals surface area contributed by atoms with E-state index in [-0.39, 0.29) is 11.9 Å². The number of amides is 3. The third-order valence-corrected chi connectivity index (χ3v) is 4.52. The average molecular weight is 347 g/mol. The number of nitrogens with zero attached hydrogens (tertiary/aromatic N) is 4. The fourth-order valence-electron chi connectivity index (χ4n) is 3.09. The van der Waals surface area contributed by atoms with Crippen molar-refractivity contribution in [3.8, 4) is 0 Å². The molecule has 25 heavy (non-hydrogen) atoms. The van der Waals surface area contributed by atoms with Crippen LogP contribution in [-0.2, 0) is 4.74 Å². The Morgan fingerprint density at radius 1 is 1.12 bits per heavy atom. The Hall–Kier alpha value is -2.35. The van der Waals surface area contributed by atoms with Crippen LogP contribution in [0, 0.1) is 0 Å². The predicted molar refractivity (Wildman–Crippen MR) is 93.8 cm³/mol. The van der Waals surface area contributed by atoms with Crippen molar-refractivity contribution in [2.45, 2.75) is 6.92 Å². The van der Waals surface area contributed by atoms with Gasteiger partial charge in [-0.25, -0.2) is 4.79 Å². The molecule has 2 aliphatic heterocycles. The van der Waals surface area contributed by atoms with Crippen LogP contribution in [0.3, 0.4) is 0 Å². The summed E-state index contributed by atoms with van der Waals surface area (Å²) >= 11 is 0. The Labute approximate surface area is 147 Å². The number of nitrogens with one attached hydrogen (secondary N) is 1. The molecule has 1 aromatic rings. The van der Waals surface area contributed by atoms with Crippen molar-refractivity contribution in [1.29, 1.82) is 0 Å². The van der Waals surface area contributed by atoms with Crippen LogP contribution < -0.4 is 10.2 Å². The summed E-state index contributed by atoms with van der Waals surface area (Å²) < 4.78 is 5.37.